The third kappa shape index (κ3) is 4.69. The van der Waals surface area contributed by atoms with Gasteiger partial charge in [0.2, 0.25) is 0 Å². The first kappa shape index (κ1) is 20.3. The van der Waals surface area contributed by atoms with E-state index in [1.54, 1.807) is 18.2 Å². The predicted octanol–water partition coefficient (Wildman–Crippen LogP) is 1.91. The zero-order valence-corrected chi connectivity index (χ0v) is 15.8. The molecule has 0 saturated heterocycles. The van der Waals surface area contributed by atoms with Crippen LogP contribution in [0.5, 0.6) is 0 Å². The highest BCUT2D eigenvalue weighted by atomic mass is 32.2. The van der Waals surface area contributed by atoms with E-state index >= 15 is 0 Å². The number of benzene rings is 2. The molecule has 0 aliphatic heterocycles. The summed E-state index contributed by atoms with van der Waals surface area (Å²) < 4.78 is 35.2. The number of fused-ring (bicyclic) bond motifs is 1. The molecule has 0 bridgehead atoms. The van der Waals surface area contributed by atoms with Crippen molar-refractivity contribution in [2.24, 2.45) is 0 Å². The van der Waals surface area contributed by atoms with Crippen LogP contribution in [0.15, 0.2) is 62.6 Å². The first-order valence-corrected chi connectivity index (χ1v) is 10.1. The Bertz CT molecular complexity index is 1210. The van der Waals surface area contributed by atoms with Gasteiger partial charge >= 0.3 is 11.7 Å². The van der Waals surface area contributed by atoms with Crippen molar-refractivity contribution in [2.45, 2.75) is 17.9 Å². The minimum absolute atomic E-state index is 0.0223. The lowest BCUT2D eigenvalue weighted by Gasteiger charge is -2.06. The maximum atomic E-state index is 12.2. The van der Waals surface area contributed by atoms with Crippen molar-refractivity contribution in [1.29, 1.82) is 0 Å². The van der Waals surface area contributed by atoms with Gasteiger partial charge in [-0.1, -0.05) is 18.2 Å². The van der Waals surface area contributed by atoms with E-state index in [2.05, 4.69) is 0 Å². The Morgan fingerprint density at radius 2 is 1.90 bits per heavy atom. The number of sulfone groups is 1. The maximum absolute atomic E-state index is 12.2. The van der Waals surface area contributed by atoms with E-state index in [4.69, 9.17) is 9.15 Å². The van der Waals surface area contributed by atoms with Gasteiger partial charge in [0.05, 0.1) is 33.8 Å². The normalized spacial score (nSPS) is 11.4. The lowest BCUT2D eigenvalue weighted by atomic mass is 10.3. The van der Waals surface area contributed by atoms with E-state index in [-0.39, 0.29) is 40.5 Å². The topological polar surface area (TPSA) is 139 Å². The van der Waals surface area contributed by atoms with Crippen molar-refractivity contribution >= 4 is 32.6 Å². The van der Waals surface area contributed by atoms with Crippen LogP contribution < -0.4 is 5.76 Å². The number of ether oxygens (including phenoxy) is 1. The number of oxazole rings is 1. The van der Waals surface area contributed by atoms with Crippen LogP contribution in [-0.4, -0.2) is 36.2 Å². The molecule has 0 aliphatic carbocycles. The molecule has 11 heteroatoms. The average molecular weight is 420 g/mol. The number of aromatic nitrogens is 1. The van der Waals surface area contributed by atoms with Crippen LogP contribution >= 0.6 is 0 Å². The van der Waals surface area contributed by atoms with Crippen LogP contribution in [0.1, 0.15) is 6.42 Å². The standard InChI is InChI=1S/C18H16N2O8S/c21-17(27-9-4-10-29(25,26)14-5-2-1-3-6-14)12-19-15-8-7-13(20(23)24)11-16(15)28-18(19)22/h1-3,5-8,11H,4,9-10,12H2. The average Bonchev–Trinajstić information content (AvgIpc) is 3.00. The van der Waals surface area contributed by atoms with Crippen LogP contribution in [-0.2, 0) is 25.9 Å². The molecule has 0 N–H and O–H groups in total. The molecule has 1 heterocycles. The molecule has 10 nitrogen and oxygen atoms in total. The minimum Gasteiger partial charge on any atom is -0.464 e. The summed E-state index contributed by atoms with van der Waals surface area (Å²) in [6.45, 7) is -0.601. The van der Waals surface area contributed by atoms with Crippen molar-refractivity contribution in [2.75, 3.05) is 12.4 Å². The number of hydrogen-bond donors (Lipinski definition) is 0. The summed E-state index contributed by atoms with van der Waals surface area (Å²) in [5.74, 6) is -1.81. The molecular formula is C18H16N2O8S. The van der Waals surface area contributed by atoms with Crippen LogP contribution in [0.4, 0.5) is 5.69 Å². The van der Waals surface area contributed by atoms with Gasteiger partial charge in [0.15, 0.2) is 15.4 Å². The summed E-state index contributed by atoms with van der Waals surface area (Å²) in [4.78, 5) is 34.3. The molecule has 2 aromatic carbocycles. The molecule has 0 atom stereocenters. The molecule has 3 aromatic rings. The molecule has 0 amide bonds. The Balaban J connectivity index is 1.58. The van der Waals surface area contributed by atoms with Crippen molar-refractivity contribution in [3.8, 4) is 0 Å². The van der Waals surface area contributed by atoms with E-state index in [9.17, 15) is 28.1 Å². The van der Waals surface area contributed by atoms with Crippen molar-refractivity contribution in [3.05, 3.63) is 69.2 Å². The zero-order valence-electron chi connectivity index (χ0n) is 15.0. The Hall–Kier alpha value is -3.47. The highest BCUT2D eigenvalue weighted by molar-refractivity contribution is 7.91. The van der Waals surface area contributed by atoms with Crippen LogP contribution in [0.2, 0.25) is 0 Å². The highest BCUT2D eigenvalue weighted by Crippen LogP contribution is 2.20. The zero-order chi connectivity index (χ0) is 21.0. The smallest absolute Gasteiger partial charge is 0.420 e. The number of esters is 1. The second-order valence-corrected chi connectivity index (χ2v) is 8.18. The van der Waals surface area contributed by atoms with Gasteiger partial charge < -0.3 is 9.15 Å². The van der Waals surface area contributed by atoms with Gasteiger partial charge in [-0.15, -0.1) is 0 Å². The largest absolute Gasteiger partial charge is 0.464 e. The first-order valence-electron chi connectivity index (χ1n) is 8.49. The summed E-state index contributed by atoms with van der Waals surface area (Å²) in [7, 11) is -3.47. The van der Waals surface area contributed by atoms with Gasteiger partial charge in [0.1, 0.15) is 6.54 Å². The highest BCUT2D eigenvalue weighted by Gasteiger charge is 2.17. The minimum atomic E-state index is -3.47. The third-order valence-corrected chi connectivity index (χ3v) is 5.89. The Labute approximate surface area is 164 Å². The predicted molar refractivity (Wildman–Crippen MR) is 101 cm³/mol. The Morgan fingerprint density at radius 3 is 2.59 bits per heavy atom. The molecule has 0 fully saturated rings. The van der Waals surface area contributed by atoms with Gasteiger partial charge in [0, 0.05) is 6.07 Å². The van der Waals surface area contributed by atoms with Gasteiger partial charge in [-0.3, -0.25) is 19.5 Å². The number of carbonyl (C=O) groups excluding carboxylic acids is 1. The van der Waals surface area contributed by atoms with Gasteiger partial charge in [0.25, 0.3) is 5.69 Å². The third-order valence-electron chi connectivity index (χ3n) is 4.07. The van der Waals surface area contributed by atoms with E-state index in [0.29, 0.717) is 0 Å². The van der Waals surface area contributed by atoms with Gasteiger partial charge in [-0.2, -0.15) is 0 Å². The molecule has 1 aromatic heterocycles. The molecular weight excluding hydrogens is 404 g/mol. The molecule has 3 rings (SSSR count). The van der Waals surface area contributed by atoms with Crippen molar-refractivity contribution in [3.63, 3.8) is 0 Å². The fourth-order valence-electron chi connectivity index (χ4n) is 2.67. The van der Waals surface area contributed by atoms with Gasteiger partial charge in [-0.25, -0.2) is 13.2 Å². The van der Waals surface area contributed by atoms with E-state index < -0.39 is 33.0 Å². The van der Waals surface area contributed by atoms with E-state index in [0.717, 1.165) is 10.6 Å². The second kappa shape index (κ2) is 8.27. The lowest BCUT2D eigenvalue weighted by molar-refractivity contribution is -0.384. The number of rotatable bonds is 8. The molecule has 0 unspecified atom stereocenters. The number of non-ortho nitro benzene ring substituents is 1. The number of hydrogen-bond acceptors (Lipinski definition) is 8. The summed E-state index contributed by atoms with van der Waals surface area (Å²) in [6, 6.07) is 11.5. The molecule has 0 saturated carbocycles. The van der Waals surface area contributed by atoms with E-state index in [1.165, 1.54) is 24.3 Å². The number of nitrogens with zero attached hydrogens (tertiary/aromatic N) is 2. The van der Waals surface area contributed by atoms with Crippen LogP contribution in [0.25, 0.3) is 11.1 Å². The Kier molecular flexibility index (Phi) is 5.78. The quantitative estimate of drug-likeness (QED) is 0.233. The monoisotopic (exact) mass is 420 g/mol. The fraction of sp³-hybridized carbons (Fsp3) is 0.222. The molecule has 0 radical (unpaired) electrons. The molecule has 29 heavy (non-hydrogen) atoms. The van der Waals surface area contributed by atoms with Crippen molar-refractivity contribution in [1.82, 2.24) is 4.57 Å². The van der Waals surface area contributed by atoms with Crippen molar-refractivity contribution < 1.29 is 27.3 Å². The first-order chi connectivity index (χ1) is 13.8. The summed E-state index contributed by atoms with van der Waals surface area (Å²) in [6.07, 6.45) is 0.0934. The number of nitro benzene ring substituents is 1. The molecule has 0 spiro atoms. The summed E-state index contributed by atoms with van der Waals surface area (Å²) in [5.41, 5.74) is -0.0595. The summed E-state index contributed by atoms with van der Waals surface area (Å²) >= 11 is 0. The summed E-state index contributed by atoms with van der Waals surface area (Å²) in [5, 5.41) is 10.8. The molecule has 152 valence electrons. The molecule has 0 aliphatic rings. The number of carbonyl (C=O) groups is 1. The number of nitro groups is 1. The van der Waals surface area contributed by atoms with Crippen LogP contribution in [0.3, 0.4) is 0 Å². The SMILES string of the molecule is O=C(Cn1c(=O)oc2cc([N+](=O)[O-])ccc21)OCCCS(=O)(=O)c1ccccc1. The van der Waals surface area contributed by atoms with Gasteiger partial charge in [-0.05, 0) is 24.6 Å². The maximum Gasteiger partial charge on any atom is 0.420 e. The second-order valence-electron chi connectivity index (χ2n) is 6.07. The Morgan fingerprint density at radius 1 is 1.17 bits per heavy atom. The van der Waals surface area contributed by atoms with E-state index in [1.807, 2.05) is 0 Å². The lowest BCUT2D eigenvalue weighted by Crippen LogP contribution is -2.22. The fourth-order valence-corrected chi connectivity index (χ4v) is 3.98. The van der Waals surface area contributed by atoms with Crippen LogP contribution in [0, 0.1) is 10.1 Å².